The highest BCUT2D eigenvalue weighted by Gasteiger charge is 2.42. The molecule has 0 radical (unpaired) electrons. The van der Waals surface area contributed by atoms with E-state index in [2.05, 4.69) is 20.4 Å². The number of phenols is 1. The van der Waals surface area contributed by atoms with Crippen molar-refractivity contribution in [2.45, 2.75) is 58.8 Å². The highest BCUT2D eigenvalue weighted by atomic mass is 16.5. The SMILES string of the molecule is C=CCc1c(O)c(C)c(C)c2c1C(CC)(CC)CC(=O)O2. The molecule has 0 unspecified atom stereocenters. The monoisotopic (exact) mass is 288 g/mol. The molecule has 1 aromatic carbocycles. The lowest BCUT2D eigenvalue weighted by molar-refractivity contribution is -0.137. The average molecular weight is 288 g/mol. The van der Waals surface area contributed by atoms with Crippen LogP contribution >= 0.6 is 0 Å². The lowest BCUT2D eigenvalue weighted by Gasteiger charge is -2.39. The van der Waals surface area contributed by atoms with Crippen LogP contribution < -0.4 is 4.74 Å². The van der Waals surface area contributed by atoms with E-state index < -0.39 is 0 Å². The Balaban J connectivity index is 2.88. The summed E-state index contributed by atoms with van der Waals surface area (Å²) in [6, 6.07) is 0. The molecular formula is C18H24O3. The Bertz CT molecular complexity index is 572. The Morgan fingerprint density at radius 3 is 2.43 bits per heavy atom. The van der Waals surface area contributed by atoms with Crippen molar-refractivity contribution in [3.05, 3.63) is 34.9 Å². The van der Waals surface area contributed by atoms with Gasteiger partial charge in [-0.3, -0.25) is 4.79 Å². The summed E-state index contributed by atoms with van der Waals surface area (Å²) in [5, 5.41) is 10.6. The Morgan fingerprint density at radius 1 is 1.29 bits per heavy atom. The van der Waals surface area contributed by atoms with Crippen molar-refractivity contribution in [1.29, 1.82) is 0 Å². The van der Waals surface area contributed by atoms with Gasteiger partial charge in [-0.05, 0) is 44.2 Å². The van der Waals surface area contributed by atoms with Crippen LogP contribution in [0.5, 0.6) is 11.5 Å². The molecule has 1 aliphatic rings. The fourth-order valence-electron chi connectivity index (χ4n) is 3.42. The van der Waals surface area contributed by atoms with Gasteiger partial charge in [0.15, 0.2) is 0 Å². The minimum absolute atomic E-state index is 0.177. The maximum Gasteiger partial charge on any atom is 0.312 e. The largest absolute Gasteiger partial charge is 0.507 e. The molecule has 114 valence electrons. The fourth-order valence-corrected chi connectivity index (χ4v) is 3.42. The van der Waals surface area contributed by atoms with Crippen LogP contribution in [0, 0.1) is 13.8 Å². The molecule has 0 aliphatic carbocycles. The van der Waals surface area contributed by atoms with E-state index >= 15 is 0 Å². The van der Waals surface area contributed by atoms with Gasteiger partial charge in [0.2, 0.25) is 0 Å². The summed E-state index contributed by atoms with van der Waals surface area (Å²) in [6.45, 7) is 11.7. The molecule has 0 aromatic heterocycles. The lowest BCUT2D eigenvalue weighted by Crippen LogP contribution is -2.36. The second kappa shape index (κ2) is 5.55. The number of hydrogen-bond donors (Lipinski definition) is 1. The lowest BCUT2D eigenvalue weighted by atomic mass is 9.68. The number of benzene rings is 1. The highest BCUT2D eigenvalue weighted by Crippen LogP contribution is 2.51. The molecule has 21 heavy (non-hydrogen) atoms. The Hall–Kier alpha value is -1.77. The first-order valence-electron chi connectivity index (χ1n) is 7.58. The molecule has 1 aliphatic heterocycles. The standard InChI is InChI=1S/C18H24O3/c1-6-9-13-15-17(12(5)11(4)16(13)20)21-14(19)10-18(15,7-2)8-3/h6,20H,1,7-10H2,2-5H3. The van der Waals surface area contributed by atoms with Gasteiger partial charge in [0.1, 0.15) is 11.5 Å². The molecule has 0 bridgehead atoms. The predicted molar refractivity (Wildman–Crippen MR) is 84.0 cm³/mol. The number of esters is 1. The smallest absolute Gasteiger partial charge is 0.312 e. The summed E-state index contributed by atoms with van der Waals surface area (Å²) in [5.74, 6) is 0.793. The van der Waals surface area contributed by atoms with Crippen LogP contribution in [0.3, 0.4) is 0 Å². The summed E-state index contributed by atoms with van der Waals surface area (Å²) < 4.78 is 5.56. The third-order valence-electron chi connectivity index (χ3n) is 5.00. The van der Waals surface area contributed by atoms with Crippen molar-refractivity contribution in [3.63, 3.8) is 0 Å². The molecule has 1 aromatic rings. The number of phenolic OH excluding ortho intramolecular Hbond substituents is 1. The van der Waals surface area contributed by atoms with Gasteiger partial charge in [0, 0.05) is 16.5 Å². The Morgan fingerprint density at radius 2 is 1.90 bits per heavy atom. The Labute approximate surface area is 126 Å². The summed E-state index contributed by atoms with van der Waals surface area (Å²) in [4.78, 5) is 12.1. The molecule has 3 nitrogen and oxygen atoms in total. The minimum atomic E-state index is -0.251. The third-order valence-corrected chi connectivity index (χ3v) is 5.00. The summed E-state index contributed by atoms with van der Waals surface area (Å²) in [5.41, 5.74) is 3.25. The maximum absolute atomic E-state index is 12.1. The normalized spacial score (nSPS) is 16.3. The minimum Gasteiger partial charge on any atom is -0.507 e. The summed E-state index contributed by atoms with van der Waals surface area (Å²) in [7, 11) is 0. The summed E-state index contributed by atoms with van der Waals surface area (Å²) >= 11 is 0. The quantitative estimate of drug-likeness (QED) is 0.515. The van der Waals surface area contributed by atoms with Gasteiger partial charge in [0.05, 0.1) is 6.42 Å². The number of allylic oxidation sites excluding steroid dienone is 1. The van der Waals surface area contributed by atoms with Gasteiger partial charge in [-0.15, -0.1) is 6.58 Å². The summed E-state index contributed by atoms with van der Waals surface area (Å²) in [6.07, 6.45) is 4.43. The number of carbonyl (C=O) groups is 1. The Kier molecular flexibility index (Phi) is 4.13. The van der Waals surface area contributed by atoms with Gasteiger partial charge >= 0.3 is 5.97 Å². The number of ether oxygens (including phenoxy) is 1. The van der Waals surface area contributed by atoms with Crippen LogP contribution in [0.15, 0.2) is 12.7 Å². The molecule has 3 heteroatoms. The van der Waals surface area contributed by atoms with Crippen LogP contribution in [0.2, 0.25) is 0 Å². The number of hydrogen-bond acceptors (Lipinski definition) is 3. The zero-order valence-corrected chi connectivity index (χ0v) is 13.4. The van der Waals surface area contributed by atoms with E-state index in [0.29, 0.717) is 24.3 Å². The van der Waals surface area contributed by atoms with E-state index in [9.17, 15) is 9.90 Å². The van der Waals surface area contributed by atoms with Crippen molar-refractivity contribution < 1.29 is 14.6 Å². The molecule has 1 N–H and O–H groups in total. The molecule has 2 rings (SSSR count). The van der Waals surface area contributed by atoms with Gasteiger partial charge < -0.3 is 9.84 Å². The molecule has 0 amide bonds. The van der Waals surface area contributed by atoms with Gasteiger partial charge in [-0.25, -0.2) is 0 Å². The first kappa shape index (κ1) is 15.6. The molecule has 0 saturated heterocycles. The first-order valence-corrected chi connectivity index (χ1v) is 7.58. The zero-order chi connectivity index (χ0) is 15.8. The van der Waals surface area contributed by atoms with Gasteiger partial charge in [-0.2, -0.15) is 0 Å². The first-order chi connectivity index (χ1) is 9.91. The van der Waals surface area contributed by atoms with E-state index in [1.54, 1.807) is 6.08 Å². The molecule has 0 spiro atoms. The van der Waals surface area contributed by atoms with Crippen molar-refractivity contribution >= 4 is 5.97 Å². The van der Waals surface area contributed by atoms with Crippen molar-refractivity contribution in [2.24, 2.45) is 0 Å². The van der Waals surface area contributed by atoms with Crippen LogP contribution in [-0.4, -0.2) is 11.1 Å². The van der Waals surface area contributed by atoms with E-state index in [-0.39, 0.29) is 11.4 Å². The van der Waals surface area contributed by atoms with E-state index in [1.807, 2.05) is 13.8 Å². The molecule has 1 heterocycles. The second-order valence-corrected chi connectivity index (χ2v) is 5.91. The zero-order valence-electron chi connectivity index (χ0n) is 13.4. The number of carbonyl (C=O) groups excluding carboxylic acids is 1. The number of rotatable bonds is 4. The third kappa shape index (κ3) is 2.25. The van der Waals surface area contributed by atoms with E-state index in [1.165, 1.54) is 0 Å². The fraction of sp³-hybridized carbons (Fsp3) is 0.500. The van der Waals surface area contributed by atoms with Crippen molar-refractivity contribution in [3.8, 4) is 11.5 Å². The molecular weight excluding hydrogens is 264 g/mol. The molecule has 0 atom stereocenters. The van der Waals surface area contributed by atoms with Crippen LogP contribution in [0.1, 0.15) is 55.4 Å². The van der Waals surface area contributed by atoms with Gasteiger partial charge in [0.25, 0.3) is 0 Å². The number of fused-ring (bicyclic) bond motifs is 1. The van der Waals surface area contributed by atoms with Crippen LogP contribution in [0.25, 0.3) is 0 Å². The van der Waals surface area contributed by atoms with Crippen LogP contribution in [-0.2, 0) is 16.6 Å². The van der Waals surface area contributed by atoms with E-state index in [4.69, 9.17) is 4.74 Å². The number of aromatic hydroxyl groups is 1. The van der Waals surface area contributed by atoms with Crippen molar-refractivity contribution in [2.75, 3.05) is 0 Å². The van der Waals surface area contributed by atoms with Crippen molar-refractivity contribution in [1.82, 2.24) is 0 Å². The molecule has 0 saturated carbocycles. The predicted octanol–water partition coefficient (Wildman–Crippen LogP) is 4.10. The molecule has 0 fully saturated rings. The van der Waals surface area contributed by atoms with E-state index in [0.717, 1.165) is 35.1 Å². The topological polar surface area (TPSA) is 46.5 Å². The van der Waals surface area contributed by atoms with Gasteiger partial charge in [-0.1, -0.05) is 19.9 Å². The van der Waals surface area contributed by atoms with Crippen LogP contribution in [0.4, 0.5) is 0 Å². The average Bonchev–Trinajstić information content (AvgIpc) is 2.48. The highest BCUT2D eigenvalue weighted by molar-refractivity contribution is 5.80. The second-order valence-electron chi connectivity index (χ2n) is 5.91. The maximum atomic E-state index is 12.1.